The fourth-order valence-corrected chi connectivity index (χ4v) is 2.78. The van der Waals surface area contributed by atoms with Crippen molar-refractivity contribution in [3.05, 3.63) is 39.5 Å². The summed E-state index contributed by atoms with van der Waals surface area (Å²) in [7, 11) is 2.06. The van der Waals surface area contributed by atoms with Crippen LogP contribution in [0, 0.1) is 13.8 Å². The lowest BCUT2D eigenvalue weighted by Gasteiger charge is -2.18. The molecule has 0 bridgehead atoms. The van der Waals surface area contributed by atoms with Crippen molar-refractivity contribution < 1.29 is 0 Å². The normalized spacial score (nSPS) is 10.9. The molecule has 114 valence electrons. The van der Waals surface area contributed by atoms with Gasteiger partial charge >= 0.3 is 0 Å². The topological polar surface area (TPSA) is 41.0 Å². The van der Waals surface area contributed by atoms with Gasteiger partial charge in [-0.15, -0.1) is 11.3 Å². The number of hydrogen-bond donors (Lipinski definition) is 1. The lowest BCUT2D eigenvalue weighted by Crippen LogP contribution is -2.19. The molecule has 21 heavy (non-hydrogen) atoms. The summed E-state index contributed by atoms with van der Waals surface area (Å²) in [4.78, 5) is 11.4. The Balaban J connectivity index is 2.01. The predicted molar refractivity (Wildman–Crippen MR) is 89.9 cm³/mol. The highest BCUT2D eigenvalue weighted by molar-refractivity contribution is 7.09. The van der Waals surface area contributed by atoms with E-state index < -0.39 is 0 Å². The van der Waals surface area contributed by atoms with Crippen LogP contribution in [0.2, 0.25) is 0 Å². The molecule has 0 amide bonds. The van der Waals surface area contributed by atoms with Gasteiger partial charge in [0.25, 0.3) is 0 Å². The summed E-state index contributed by atoms with van der Waals surface area (Å²) in [6.07, 6.45) is 1.15. The van der Waals surface area contributed by atoms with Crippen LogP contribution < -0.4 is 10.2 Å². The van der Waals surface area contributed by atoms with Crippen molar-refractivity contribution in [2.75, 3.05) is 18.5 Å². The first-order valence-corrected chi connectivity index (χ1v) is 8.27. The third-order valence-corrected chi connectivity index (χ3v) is 4.20. The fraction of sp³-hybridized carbons (Fsp3) is 0.500. The van der Waals surface area contributed by atoms with E-state index in [4.69, 9.17) is 4.98 Å². The first-order chi connectivity index (χ1) is 10.1. The van der Waals surface area contributed by atoms with E-state index in [1.807, 2.05) is 6.92 Å². The average Bonchev–Trinajstić information content (AvgIpc) is 2.86. The Bertz CT molecular complexity index is 579. The zero-order chi connectivity index (χ0) is 15.2. The number of anilines is 1. The van der Waals surface area contributed by atoms with Gasteiger partial charge in [0.05, 0.1) is 17.2 Å². The van der Waals surface area contributed by atoms with Crippen LogP contribution in [0.1, 0.15) is 35.3 Å². The molecule has 0 radical (unpaired) electrons. The van der Waals surface area contributed by atoms with E-state index in [0.717, 1.165) is 48.3 Å². The molecule has 5 heteroatoms. The second kappa shape index (κ2) is 7.52. The summed E-state index contributed by atoms with van der Waals surface area (Å²) < 4.78 is 0. The Morgan fingerprint density at radius 1 is 1.24 bits per heavy atom. The largest absolute Gasteiger partial charge is 0.354 e. The van der Waals surface area contributed by atoms with Gasteiger partial charge in [0.15, 0.2) is 0 Å². The second-order valence-electron chi connectivity index (χ2n) is 5.30. The van der Waals surface area contributed by atoms with E-state index in [1.54, 1.807) is 11.3 Å². The third kappa shape index (κ3) is 4.51. The quantitative estimate of drug-likeness (QED) is 0.797. The predicted octanol–water partition coefficient (Wildman–Crippen LogP) is 3.29. The van der Waals surface area contributed by atoms with Crippen molar-refractivity contribution in [1.29, 1.82) is 0 Å². The lowest BCUT2D eigenvalue weighted by molar-refractivity contribution is 0.670. The highest BCUT2D eigenvalue weighted by Crippen LogP contribution is 2.17. The Labute approximate surface area is 131 Å². The number of nitrogens with one attached hydrogen (secondary N) is 1. The van der Waals surface area contributed by atoms with Crippen LogP contribution in [-0.4, -0.2) is 23.6 Å². The minimum atomic E-state index is 0.796. The van der Waals surface area contributed by atoms with Crippen LogP contribution in [0.15, 0.2) is 17.5 Å². The molecular formula is C16H24N4S. The fourth-order valence-electron chi connectivity index (χ4n) is 2.18. The Morgan fingerprint density at radius 3 is 2.67 bits per heavy atom. The number of hydrogen-bond acceptors (Lipinski definition) is 5. The van der Waals surface area contributed by atoms with Gasteiger partial charge in [0.2, 0.25) is 0 Å². The van der Waals surface area contributed by atoms with Crippen molar-refractivity contribution >= 4 is 17.2 Å². The molecule has 2 aromatic heterocycles. The number of rotatable bonds is 7. The van der Waals surface area contributed by atoms with Crippen LogP contribution in [0.4, 0.5) is 5.82 Å². The second-order valence-corrected chi connectivity index (χ2v) is 6.37. The molecule has 1 N–H and O–H groups in total. The van der Waals surface area contributed by atoms with Crippen LogP contribution in [0.5, 0.6) is 0 Å². The molecule has 0 aliphatic heterocycles. The molecule has 0 aromatic carbocycles. The molecule has 0 aliphatic carbocycles. The summed E-state index contributed by atoms with van der Waals surface area (Å²) in [5.41, 5.74) is 3.47. The average molecular weight is 304 g/mol. The van der Waals surface area contributed by atoms with Crippen LogP contribution in [0.3, 0.4) is 0 Å². The van der Waals surface area contributed by atoms with Gasteiger partial charge < -0.3 is 10.2 Å². The van der Waals surface area contributed by atoms with Gasteiger partial charge in [0, 0.05) is 24.7 Å². The van der Waals surface area contributed by atoms with Gasteiger partial charge in [-0.2, -0.15) is 0 Å². The summed E-state index contributed by atoms with van der Waals surface area (Å²) >= 11 is 1.69. The molecule has 4 nitrogen and oxygen atoms in total. The van der Waals surface area contributed by atoms with Gasteiger partial charge in [-0.1, -0.05) is 13.0 Å². The van der Waals surface area contributed by atoms with Crippen LogP contribution in [-0.2, 0) is 13.1 Å². The van der Waals surface area contributed by atoms with Crippen molar-refractivity contribution in [2.24, 2.45) is 0 Å². The summed E-state index contributed by atoms with van der Waals surface area (Å²) in [5.74, 6) is 0.998. The van der Waals surface area contributed by atoms with Crippen molar-refractivity contribution in [1.82, 2.24) is 15.3 Å². The molecule has 0 saturated heterocycles. The molecule has 2 aromatic rings. The summed E-state index contributed by atoms with van der Waals surface area (Å²) in [6.45, 7) is 9.02. The Morgan fingerprint density at radius 2 is 2.05 bits per heavy atom. The van der Waals surface area contributed by atoms with Crippen molar-refractivity contribution in [3.8, 4) is 0 Å². The molecule has 0 atom stereocenters. The highest BCUT2D eigenvalue weighted by Gasteiger charge is 2.08. The van der Waals surface area contributed by atoms with Gasteiger partial charge in [0.1, 0.15) is 5.82 Å². The van der Waals surface area contributed by atoms with Gasteiger partial charge in [-0.05, 0) is 38.4 Å². The lowest BCUT2D eigenvalue weighted by atomic mass is 10.2. The first kappa shape index (κ1) is 15.9. The minimum Gasteiger partial charge on any atom is -0.354 e. The van der Waals surface area contributed by atoms with E-state index in [9.17, 15) is 0 Å². The van der Waals surface area contributed by atoms with Crippen LogP contribution in [0.25, 0.3) is 0 Å². The standard InChI is InChI=1S/C16H24N4S/c1-5-8-17-9-14-6-7-16(18-12(14)2)20(4)10-15-11-21-13(3)19-15/h6-7,11,17H,5,8-10H2,1-4H3. The molecule has 0 unspecified atom stereocenters. The van der Waals surface area contributed by atoms with Gasteiger partial charge in [-0.25, -0.2) is 9.97 Å². The number of nitrogens with zero attached hydrogens (tertiary/aromatic N) is 3. The van der Waals surface area contributed by atoms with E-state index in [-0.39, 0.29) is 0 Å². The first-order valence-electron chi connectivity index (χ1n) is 7.39. The van der Waals surface area contributed by atoms with Gasteiger partial charge in [-0.3, -0.25) is 0 Å². The number of pyridine rings is 1. The minimum absolute atomic E-state index is 0.796. The smallest absolute Gasteiger partial charge is 0.128 e. The van der Waals surface area contributed by atoms with Crippen LogP contribution >= 0.6 is 11.3 Å². The zero-order valence-corrected chi connectivity index (χ0v) is 14.1. The maximum atomic E-state index is 4.72. The van der Waals surface area contributed by atoms with E-state index in [2.05, 4.69) is 53.6 Å². The number of aryl methyl sites for hydroxylation is 2. The maximum absolute atomic E-state index is 4.72. The molecular weight excluding hydrogens is 280 g/mol. The Kier molecular flexibility index (Phi) is 5.70. The van der Waals surface area contributed by atoms with E-state index in [0.29, 0.717) is 0 Å². The SMILES string of the molecule is CCCNCc1ccc(N(C)Cc2csc(C)n2)nc1C. The molecule has 0 fully saturated rings. The van der Waals surface area contributed by atoms with E-state index in [1.165, 1.54) is 5.56 Å². The number of aromatic nitrogens is 2. The molecule has 2 heterocycles. The zero-order valence-electron chi connectivity index (χ0n) is 13.3. The monoisotopic (exact) mass is 304 g/mol. The molecule has 0 saturated carbocycles. The van der Waals surface area contributed by atoms with Crippen molar-refractivity contribution in [3.63, 3.8) is 0 Å². The Hall–Kier alpha value is -1.46. The number of thiazole rings is 1. The van der Waals surface area contributed by atoms with Crippen molar-refractivity contribution in [2.45, 2.75) is 40.3 Å². The summed E-state index contributed by atoms with van der Waals surface area (Å²) in [5, 5.41) is 6.65. The molecule has 0 aliphatic rings. The third-order valence-electron chi connectivity index (χ3n) is 3.38. The van der Waals surface area contributed by atoms with E-state index >= 15 is 0 Å². The maximum Gasteiger partial charge on any atom is 0.128 e. The highest BCUT2D eigenvalue weighted by atomic mass is 32.1. The summed E-state index contributed by atoms with van der Waals surface area (Å²) in [6, 6.07) is 4.26. The molecule has 2 rings (SSSR count). The molecule has 0 spiro atoms.